The third-order valence-electron chi connectivity index (χ3n) is 24.2. The quantitative estimate of drug-likeness (QED) is 0.0418. The van der Waals surface area contributed by atoms with Gasteiger partial charge in [0.2, 0.25) is 5.28 Å². The summed E-state index contributed by atoms with van der Waals surface area (Å²) in [7, 11) is 0. The van der Waals surface area contributed by atoms with Crippen LogP contribution in [0.5, 0.6) is 17.2 Å². The molecule has 6 aromatic carbocycles. The van der Waals surface area contributed by atoms with Gasteiger partial charge in [-0.2, -0.15) is 20.0 Å². The number of aromatic nitrogens is 12. The molecule has 0 unspecified atom stereocenters. The maximum Gasteiger partial charge on any atom is 0.435 e. The third kappa shape index (κ3) is 22.2. The molecule has 2 amide bonds. The standard InChI is InChI=1S/C33H38F2N6O3.C29H31F2N5O.C22H32N4O4.C15H14ClF2N3O/c1-19(2)41-12-13-43-31-24(34)16-22(17-27(31)41)30-25(35)18-36-28(37-30)15-20-6-7-26-23(14-20)29(39-38-26)21-8-10-40(11-9-21)32(42)44-33(3,4)5;1-17(2)36-10-11-37-29-22(30)14-20(15-25(29)36)28-23(31)16-32-26(33-28)13-18-8-9-24-21(12-18)27(35-34-24)19-6-4-3-5-7-19;1-21(2,3)29-19(27)25-11-9-14(10-12-25)18-16-13-15(23)7-8-17(16)26(24-18)20(28)30-22(4,5)6;1-8(2)21-3-4-22-14-10(17)5-9(6-12(14)21)13-11(18)7-19-15(16)20-13/h6-7,14,16-19,21H,8-13,15H2,1-5H3,(H,38,39);8-9,12,14-17,19H,3-7,10-11,13H2,1-2H3,(H,34,35);7-8,13-14H,9-12,23H2,1-6H3;5-8H,3-4H2,1-2H3. The maximum atomic E-state index is 15.1. The van der Waals surface area contributed by atoms with E-state index in [1.807, 2.05) is 144 Å². The molecule has 704 valence electrons. The Morgan fingerprint density at radius 2 is 0.835 bits per heavy atom. The van der Waals surface area contributed by atoms with Crippen LogP contribution in [-0.4, -0.2) is 189 Å². The van der Waals surface area contributed by atoms with Crippen LogP contribution in [0.4, 0.5) is 63.5 Å². The summed E-state index contributed by atoms with van der Waals surface area (Å²) in [6.07, 6.45) is 12.2. The number of nitrogens with zero attached hydrogens (tertiary/aromatic N) is 15. The summed E-state index contributed by atoms with van der Waals surface area (Å²) in [5, 5.41) is 23.0. The Morgan fingerprint density at radius 3 is 1.24 bits per heavy atom. The molecule has 5 aliphatic heterocycles. The number of amides is 2. The van der Waals surface area contributed by atoms with Crippen molar-refractivity contribution in [2.45, 2.75) is 227 Å². The van der Waals surface area contributed by atoms with Crippen LogP contribution in [0, 0.1) is 34.9 Å². The second kappa shape index (κ2) is 39.7. The summed E-state index contributed by atoms with van der Waals surface area (Å²) in [6, 6.07) is 26.9. The minimum absolute atomic E-state index is 0.0315. The lowest BCUT2D eigenvalue weighted by molar-refractivity contribution is 0.0194. The predicted octanol–water partition coefficient (Wildman–Crippen LogP) is 21.4. The molecule has 18 rings (SSSR count). The van der Waals surface area contributed by atoms with Crippen LogP contribution in [0.25, 0.3) is 66.5 Å². The van der Waals surface area contributed by atoms with Crippen molar-refractivity contribution in [2.75, 3.05) is 86.1 Å². The fourth-order valence-electron chi connectivity index (χ4n) is 17.9. The van der Waals surface area contributed by atoms with Gasteiger partial charge in [0.25, 0.3) is 0 Å². The number of carbonyl (C=O) groups excluding carboxylic acids is 3. The number of likely N-dealkylation sites (tertiary alicyclic amines) is 2. The monoisotopic (exact) mass is 1850 g/mol. The Morgan fingerprint density at radius 1 is 0.451 bits per heavy atom. The van der Waals surface area contributed by atoms with Gasteiger partial charge in [0.05, 0.1) is 77.5 Å². The molecule has 12 aromatic rings. The van der Waals surface area contributed by atoms with Crippen LogP contribution in [0.2, 0.25) is 5.28 Å². The Labute approximate surface area is 774 Å². The summed E-state index contributed by atoms with van der Waals surface area (Å²) >= 11 is 5.71. The van der Waals surface area contributed by atoms with Crippen LogP contribution < -0.4 is 34.6 Å². The number of H-pyrrole nitrogens is 2. The van der Waals surface area contributed by atoms with Gasteiger partial charge >= 0.3 is 18.3 Å². The molecule has 34 heteroatoms. The Balaban J connectivity index is 0.000000139. The molecule has 11 heterocycles. The van der Waals surface area contributed by atoms with E-state index in [0.29, 0.717) is 141 Å². The number of benzene rings is 6. The molecule has 0 spiro atoms. The van der Waals surface area contributed by atoms with Crippen LogP contribution in [0.1, 0.15) is 219 Å². The highest BCUT2D eigenvalue weighted by atomic mass is 35.5. The number of rotatable bonds is 13. The number of nitrogens with two attached hydrogens (primary N) is 1. The minimum atomic E-state index is -0.656. The number of fused-ring (bicyclic) bond motifs is 6. The Hall–Kier alpha value is -12.6. The number of nitrogen functional groups attached to an aromatic ring is 1. The maximum absolute atomic E-state index is 15.1. The van der Waals surface area contributed by atoms with E-state index < -0.39 is 57.8 Å². The molecule has 6 aromatic heterocycles. The van der Waals surface area contributed by atoms with Gasteiger partial charge in [0, 0.05) is 125 Å². The van der Waals surface area contributed by atoms with Gasteiger partial charge in [-0.15, -0.1) is 0 Å². The predicted molar refractivity (Wildman–Crippen MR) is 500 cm³/mol. The largest absolute Gasteiger partial charge is 0.486 e. The van der Waals surface area contributed by atoms with Crippen LogP contribution in [0.3, 0.4) is 0 Å². The molecule has 6 aliphatic rings. The van der Waals surface area contributed by atoms with Crippen LogP contribution >= 0.6 is 11.6 Å². The number of halogens is 7. The summed E-state index contributed by atoms with van der Waals surface area (Å²) < 4.78 is 123. The number of ether oxygens (including phenoxy) is 6. The van der Waals surface area contributed by atoms with Crippen molar-refractivity contribution in [3.63, 3.8) is 0 Å². The van der Waals surface area contributed by atoms with E-state index in [1.54, 1.807) is 40.1 Å². The second-order valence-corrected chi connectivity index (χ2v) is 38.7. The number of hydrogen-bond donors (Lipinski definition) is 3. The number of piperidine rings is 2. The highest BCUT2D eigenvalue weighted by Crippen LogP contribution is 2.45. The molecular formula is C99H115ClF6N18O9. The van der Waals surface area contributed by atoms with E-state index in [1.165, 1.54) is 66.9 Å². The lowest BCUT2D eigenvalue weighted by atomic mass is 9.85. The van der Waals surface area contributed by atoms with Gasteiger partial charge < -0.3 is 58.7 Å². The van der Waals surface area contributed by atoms with Gasteiger partial charge in [-0.05, 0) is 244 Å². The van der Waals surface area contributed by atoms with Crippen molar-refractivity contribution in [1.82, 2.24) is 69.9 Å². The minimum Gasteiger partial charge on any atom is -0.486 e. The lowest BCUT2D eigenvalue weighted by Crippen LogP contribution is -2.41. The van der Waals surface area contributed by atoms with Crippen LogP contribution in [-0.2, 0) is 27.1 Å². The summed E-state index contributed by atoms with van der Waals surface area (Å²) in [4.78, 5) is 72.2. The number of nitrogens with one attached hydrogen (secondary N) is 2. The van der Waals surface area contributed by atoms with Crippen molar-refractivity contribution >= 4 is 85.3 Å². The van der Waals surface area contributed by atoms with E-state index in [2.05, 4.69) is 72.4 Å². The molecule has 27 nitrogen and oxygen atoms in total. The van der Waals surface area contributed by atoms with Crippen molar-refractivity contribution < 1.29 is 69.1 Å². The molecule has 0 atom stereocenters. The number of anilines is 4. The fourth-order valence-corrected chi connectivity index (χ4v) is 18.0. The van der Waals surface area contributed by atoms with Gasteiger partial charge in [-0.3, -0.25) is 10.2 Å². The highest BCUT2D eigenvalue weighted by Gasteiger charge is 2.36. The number of carbonyl (C=O) groups is 3. The first kappa shape index (κ1) is 95.1. The molecule has 133 heavy (non-hydrogen) atoms. The first-order chi connectivity index (χ1) is 63.2. The molecule has 1 aliphatic carbocycles. The SMILES string of the molecule is CC(C)(C)OC(=O)N1CCC(c2nn(C(=O)OC(C)(C)C)c3ccc(N)cc23)CC1.CC(C)N1CCOc2c(F)cc(-c3nc(Cc4ccc5n[nH]c(C6CCCCC6)c5c4)ncc3F)cc21.CC(C)N1CCOc2c(F)cc(-c3nc(Cc4ccc5n[nH]c(C6CCN(C(=O)OC(C)(C)C)CC6)c5c4)ncc3F)cc21.CC(C)N1CCOc2c(F)cc(-c3nc(Cl)ncc3F)cc21. The first-order valence-electron chi connectivity index (χ1n) is 45.6. The van der Waals surface area contributed by atoms with Gasteiger partial charge in [-0.1, -0.05) is 31.4 Å². The lowest BCUT2D eigenvalue weighted by Gasteiger charge is -2.34. The van der Waals surface area contributed by atoms with Crippen molar-refractivity contribution in [1.29, 1.82) is 0 Å². The highest BCUT2D eigenvalue weighted by molar-refractivity contribution is 6.28. The number of aromatic amines is 2. The average molecular weight is 1850 g/mol. The van der Waals surface area contributed by atoms with E-state index in [9.17, 15) is 27.6 Å². The number of hydrogen-bond acceptors (Lipinski definition) is 22. The summed E-state index contributed by atoms with van der Waals surface area (Å²) in [5.74, 6) is -1.15. The summed E-state index contributed by atoms with van der Waals surface area (Å²) in [6.45, 7) is 34.3. The third-order valence-corrected chi connectivity index (χ3v) is 24.3. The van der Waals surface area contributed by atoms with Crippen molar-refractivity contribution in [3.8, 4) is 51.0 Å². The molecular weight excluding hydrogens is 1730 g/mol. The zero-order chi connectivity index (χ0) is 94.8. The molecule has 2 saturated heterocycles. The van der Waals surface area contributed by atoms with E-state index in [0.717, 1.165) is 87.8 Å². The molecule has 3 fully saturated rings. The van der Waals surface area contributed by atoms with E-state index in [-0.39, 0.29) is 81.8 Å². The topological polar surface area (TPSA) is 301 Å². The zero-order valence-corrected chi connectivity index (χ0v) is 78.6. The summed E-state index contributed by atoms with van der Waals surface area (Å²) in [5.41, 5.74) is 15.4. The van der Waals surface area contributed by atoms with Gasteiger partial charge in [0.15, 0.2) is 52.2 Å². The van der Waals surface area contributed by atoms with Gasteiger partial charge in [0.1, 0.15) is 65.4 Å². The van der Waals surface area contributed by atoms with Crippen molar-refractivity contribution in [2.24, 2.45) is 0 Å². The molecule has 1 saturated carbocycles. The molecule has 4 N–H and O–H groups in total. The van der Waals surface area contributed by atoms with E-state index >= 15 is 13.2 Å². The van der Waals surface area contributed by atoms with Crippen molar-refractivity contribution in [3.05, 3.63) is 190 Å². The Bertz CT molecular complexity index is 6270. The van der Waals surface area contributed by atoms with Crippen LogP contribution in [0.15, 0.2) is 110 Å². The first-order valence-corrected chi connectivity index (χ1v) is 46.0. The smallest absolute Gasteiger partial charge is 0.435 e. The molecule has 0 bridgehead atoms. The molecule has 0 radical (unpaired) electrons. The van der Waals surface area contributed by atoms with Gasteiger partial charge in [-0.25, -0.2) is 70.6 Å². The average Bonchev–Trinajstić information content (AvgIpc) is 1.69. The Kier molecular flexibility index (Phi) is 28.4. The van der Waals surface area contributed by atoms with E-state index in [4.69, 9.17) is 45.8 Å². The zero-order valence-electron chi connectivity index (χ0n) is 77.8. The fraction of sp³-hybridized carbons (Fsp3) is 0.455. The second-order valence-electron chi connectivity index (χ2n) is 38.3. The normalized spacial score (nSPS) is 15.7.